The van der Waals surface area contributed by atoms with Gasteiger partial charge in [0, 0.05) is 13.6 Å². The van der Waals surface area contributed by atoms with Crippen LogP contribution in [-0.4, -0.2) is 49.9 Å². The van der Waals surface area contributed by atoms with E-state index in [9.17, 15) is 22.4 Å². The smallest absolute Gasteiger partial charge is 0.335 e. The highest BCUT2D eigenvalue weighted by molar-refractivity contribution is 7.89. The monoisotopic (exact) mass is 316 g/mol. The molecule has 7 nitrogen and oxygen atoms in total. The van der Waals surface area contributed by atoms with Crippen molar-refractivity contribution < 1.29 is 27.5 Å². The van der Waals surface area contributed by atoms with E-state index in [4.69, 9.17) is 5.11 Å². The molecule has 1 fully saturated rings. The number of likely N-dealkylation sites (tertiary alicyclic amines) is 1. The Morgan fingerprint density at radius 1 is 1.48 bits per heavy atom. The SMILES string of the molecule is CN1CCC(NS(=O)(=O)c2cc(C(=O)O)ccc2F)C1=O. The quantitative estimate of drug-likeness (QED) is 0.816. The summed E-state index contributed by atoms with van der Waals surface area (Å²) in [6, 6.07) is 1.49. The normalized spacial score (nSPS) is 19.0. The van der Waals surface area contributed by atoms with Crippen molar-refractivity contribution >= 4 is 21.9 Å². The molecule has 21 heavy (non-hydrogen) atoms. The minimum absolute atomic E-state index is 0.273. The third-order valence-corrected chi connectivity index (χ3v) is 4.68. The zero-order valence-electron chi connectivity index (χ0n) is 11.0. The van der Waals surface area contributed by atoms with Gasteiger partial charge < -0.3 is 10.0 Å². The van der Waals surface area contributed by atoms with Crippen molar-refractivity contribution in [1.82, 2.24) is 9.62 Å². The topological polar surface area (TPSA) is 104 Å². The Kier molecular flexibility index (Phi) is 3.97. The predicted octanol–water partition coefficient (Wildman–Crippen LogP) is 0.0329. The molecule has 1 aliphatic rings. The molecule has 2 N–H and O–H groups in total. The number of carboxylic acid groups (broad SMARTS) is 1. The molecule has 2 rings (SSSR count). The molecule has 0 spiro atoms. The number of hydrogen-bond donors (Lipinski definition) is 2. The van der Waals surface area contributed by atoms with Crippen LogP contribution in [0.15, 0.2) is 23.1 Å². The van der Waals surface area contributed by atoms with Crippen molar-refractivity contribution in [2.75, 3.05) is 13.6 Å². The van der Waals surface area contributed by atoms with Crippen molar-refractivity contribution in [2.24, 2.45) is 0 Å². The van der Waals surface area contributed by atoms with E-state index in [1.54, 1.807) is 0 Å². The Balaban J connectivity index is 2.34. The second-order valence-electron chi connectivity index (χ2n) is 4.67. The molecule has 9 heteroatoms. The van der Waals surface area contributed by atoms with E-state index >= 15 is 0 Å². The van der Waals surface area contributed by atoms with Gasteiger partial charge in [-0.15, -0.1) is 0 Å². The minimum Gasteiger partial charge on any atom is -0.478 e. The van der Waals surface area contributed by atoms with Gasteiger partial charge in [-0.25, -0.2) is 17.6 Å². The van der Waals surface area contributed by atoms with E-state index in [2.05, 4.69) is 4.72 Å². The number of carbonyl (C=O) groups excluding carboxylic acids is 1. The molecule has 0 radical (unpaired) electrons. The first-order chi connectivity index (χ1) is 9.72. The molecule has 0 saturated carbocycles. The third kappa shape index (κ3) is 3.03. The van der Waals surface area contributed by atoms with Crippen LogP contribution in [0.2, 0.25) is 0 Å². The van der Waals surface area contributed by atoms with Crippen molar-refractivity contribution in [1.29, 1.82) is 0 Å². The number of sulfonamides is 1. The van der Waals surface area contributed by atoms with Crippen LogP contribution in [0.25, 0.3) is 0 Å². The van der Waals surface area contributed by atoms with Gasteiger partial charge in [-0.1, -0.05) is 0 Å². The average molecular weight is 316 g/mol. The van der Waals surface area contributed by atoms with Gasteiger partial charge in [-0.3, -0.25) is 4.79 Å². The zero-order valence-corrected chi connectivity index (χ0v) is 11.9. The summed E-state index contributed by atoms with van der Waals surface area (Å²) >= 11 is 0. The second kappa shape index (κ2) is 5.41. The first-order valence-corrected chi connectivity index (χ1v) is 7.51. The first kappa shape index (κ1) is 15.4. The highest BCUT2D eigenvalue weighted by Crippen LogP contribution is 2.19. The first-order valence-electron chi connectivity index (χ1n) is 6.02. The lowest BCUT2D eigenvalue weighted by Crippen LogP contribution is -2.40. The van der Waals surface area contributed by atoms with Gasteiger partial charge in [0.2, 0.25) is 15.9 Å². The van der Waals surface area contributed by atoms with E-state index in [1.807, 2.05) is 0 Å². The van der Waals surface area contributed by atoms with Crippen LogP contribution in [0.3, 0.4) is 0 Å². The number of amides is 1. The number of nitrogens with zero attached hydrogens (tertiary/aromatic N) is 1. The number of halogens is 1. The number of likely N-dealkylation sites (N-methyl/N-ethyl adjacent to an activating group) is 1. The predicted molar refractivity (Wildman–Crippen MR) is 69.7 cm³/mol. The fraction of sp³-hybridized carbons (Fsp3) is 0.333. The van der Waals surface area contributed by atoms with Gasteiger partial charge in [0.05, 0.1) is 5.56 Å². The van der Waals surface area contributed by atoms with Crippen LogP contribution < -0.4 is 4.72 Å². The van der Waals surface area contributed by atoms with Gasteiger partial charge in [0.1, 0.15) is 16.8 Å². The fourth-order valence-corrected chi connectivity index (χ4v) is 3.35. The maximum Gasteiger partial charge on any atom is 0.335 e. The lowest BCUT2D eigenvalue weighted by Gasteiger charge is -2.13. The van der Waals surface area contributed by atoms with E-state index in [0.717, 1.165) is 18.2 Å². The molecule has 1 aromatic rings. The molecule has 1 aromatic carbocycles. The van der Waals surface area contributed by atoms with Gasteiger partial charge in [-0.05, 0) is 24.6 Å². The van der Waals surface area contributed by atoms with E-state index < -0.39 is 38.7 Å². The summed E-state index contributed by atoms with van der Waals surface area (Å²) in [4.78, 5) is 23.1. The van der Waals surface area contributed by atoms with Crippen LogP contribution >= 0.6 is 0 Å². The standard InChI is InChI=1S/C12H13FN2O5S/c1-15-5-4-9(11(15)16)14-21(19,20)10-6-7(12(17)18)2-3-8(10)13/h2-3,6,9,14H,4-5H2,1H3,(H,17,18). The summed E-state index contributed by atoms with van der Waals surface area (Å²) in [5.74, 6) is -2.86. The zero-order chi connectivity index (χ0) is 15.8. The number of rotatable bonds is 4. The molecule has 0 aromatic heterocycles. The van der Waals surface area contributed by atoms with Crippen molar-refractivity contribution in [2.45, 2.75) is 17.4 Å². The van der Waals surface area contributed by atoms with Crippen LogP contribution in [0.4, 0.5) is 4.39 Å². The van der Waals surface area contributed by atoms with Gasteiger partial charge in [0.15, 0.2) is 0 Å². The van der Waals surface area contributed by atoms with Crippen LogP contribution in [0.1, 0.15) is 16.8 Å². The van der Waals surface area contributed by atoms with Gasteiger partial charge in [-0.2, -0.15) is 4.72 Å². The fourth-order valence-electron chi connectivity index (χ4n) is 2.02. The van der Waals surface area contributed by atoms with Crippen LogP contribution in [-0.2, 0) is 14.8 Å². The van der Waals surface area contributed by atoms with E-state index in [0.29, 0.717) is 6.54 Å². The summed E-state index contributed by atoms with van der Waals surface area (Å²) in [5, 5.41) is 8.83. The molecule has 1 heterocycles. The summed E-state index contributed by atoms with van der Waals surface area (Å²) in [6.07, 6.45) is 0.273. The maximum atomic E-state index is 13.7. The Bertz CT molecular complexity index is 704. The minimum atomic E-state index is -4.32. The molecular formula is C12H13FN2O5S. The number of hydrogen-bond acceptors (Lipinski definition) is 4. The van der Waals surface area contributed by atoms with Crippen molar-refractivity contribution in [3.63, 3.8) is 0 Å². The Morgan fingerprint density at radius 2 is 2.14 bits per heavy atom. The summed E-state index contributed by atoms with van der Waals surface area (Å²) in [6.45, 7) is 0.393. The lowest BCUT2D eigenvalue weighted by molar-refractivity contribution is -0.127. The lowest BCUT2D eigenvalue weighted by atomic mass is 10.2. The second-order valence-corrected chi connectivity index (χ2v) is 6.36. The average Bonchev–Trinajstić information content (AvgIpc) is 2.70. The maximum absolute atomic E-state index is 13.7. The summed E-state index contributed by atoms with van der Waals surface area (Å²) in [5.41, 5.74) is -0.355. The van der Waals surface area contributed by atoms with Crippen LogP contribution in [0, 0.1) is 5.82 Å². The molecule has 0 bridgehead atoms. The Hall–Kier alpha value is -2.00. The molecule has 1 saturated heterocycles. The molecule has 0 aliphatic carbocycles. The Morgan fingerprint density at radius 3 is 2.67 bits per heavy atom. The number of nitrogens with one attached hydrogen (secondary N) is 1. The number of aromatic carboxylic acids is 1. The molecule has 1 atom stereocenters. The number of benzene rings is 1. The number of carbonyl (C=O) groups is 2. The van der Waals surface area contributed by atoms with E-state index in [1.165, 1.54) is 11.9 Å². The van der Waals surface area contributed by atoms with Gasteiger partial charge in [0.25, 0.3) is 0 Å². The molecular weight excluding hydrogens is 303 g/mol. The molecule has 114 valence electrons. The van der Waals surface area contributed by atoms with Crippen molar-refractivity contribution in [3.8, 4) is 0 Å². The molecule has 1 amide bonds. The summed E-state index contributed by atoms with van der Waals surface area (Å²) < 4.78 is 40.0. The van der Waals surface area contributed by atoms with Crippen molar-refractivity contribution in [3.05, 3.63) is 29.6 Å². The van der Waals surface area contributed by atoms with Crippen LogP contribution in [0.5, 0.6) is 0 Å². The number of carboxylic acids is 1. The molecule has 1 unspecified atom stereocenters. The van der Waals surface area contributed by atoms with Gasteiger partial charge >= 0.3 is 5.97 Å². The Labute approximate surface area is 120 Å². The third-order valence-electron chi connectivity index (χ3n) is 3.19. The highest BCUT2D eigenvalue weighted by Gasteiger charge is 2.34. The molecule has 1 aliphatic heterocycles. The highest BCUT2D eigenvalue weighted by atomic mass is 32.2. The largest absolute Gasteiger partial charge is 0.478 e. The van der Waals surface area contributed by atoms with E-state index in [-0.39, 0.29) is 12.0 Å². The summed E-state index contributed by atoms with van der Waals surface area (Å²) in [7, 11) is -2.79.